The standard InChI is InChI=1S/C20H32N4O4S/c1-3-22-10-8-17(9-11-22)21-20(25)16-23-12-14-24(15-13-23)29(26,27)19-6-4-18(28-2)5-7-19/h4-7,17H,3,8-16H2,1-2H3,(H,21,25). The summed E-state index contributed by atoms with van der Waals surface area (Å²) in [6, 6.07) is 6.69. The number of piperazine rings is 1. The first-order chi connectivity index (χ1) is 13.9. The van der Waals surface area contributed by atoms with Gasteiger partial charge in [0.2, 0.25) is 15.9 Å². The molecule has 0 aromatic heterocycles. The maximum Gasteiger partial charge on any atom is 0.243 e. The van der Waals surface area contributed by atoms with Crippen molar-refractivity contribution in [3.05, 3.63) is 24.3 Å². The van der Waals surface area contributed by atoms with Gasteiger partial charge >= 0.3 is 0 Å². The van der Waals surface area contributed by atoms with Crippen LogP contribution in [-0.2, 0) is 14.8 Å². The van der Waals surface area contributed by atoms with Gasteiger partial charge in [-0.25, -0.2) is 8.42 Å². The summed E-state index contributed by atoms with van der Waals surface area (Å²) in [6.45, 7) is 7.48. The first kappa shape index (κ1) is 22.0. The number of likely N-dealkylation sites (tertiary alicyclic amines) is 1. The largest absolute Gasteiger partial charge is 0.497 e. The van der Waals surface area contributed by atoms with Gasteiger partial charge in [-0.3, -0.25) is 9.69 Å². The third kappa shape index (κ3) is 5.69. The molecule has 1 N–H and O–H groups in total. The molecular formula is C20H32N4O4S. The van der Waals surface area contributed by atoms with Crippen LogP contribution in [0.15, 0.2) is 29.2 Å². The van der Waals surface area contributed by atoms with Crippen LogP contribution in [0.2, 0.25) is 0 Å². The van der Waals surface area contributed by atoms with E-state index in [9.17, 15) is 13.2 Å². The number of carbonyl (C=O) groups excluding carboxylic acids is 1. The number of ether oxygens (including phenoxy) is 1. The highest BCUT2D eigenvalue weighted by Gasteiger charge is 2.29. The Morgan fingerprint density at radius 1 is 1.03 bits per heavy atom. The lowest BCUT2D eigenvalue weighted by Crippen LogP contribution is -2.52. The zero-order valence-electron chi connectivity index (χ0n) is 17.3. The minimum absolute atomic E-state index is 0.0337. The van der Waals surface area contributed by atoms with Gasteiger partial charge in [0.25, 0.3) is 0 Å². The molecule has 29 heavy (non-hydrogen) atoms. The monoisotopic (exact) mass is 424 g/mol. The Morgan fingerprint density at radius 3 is 2.21 bits per heavy atom. The molecule has 2 heterocycles. The van der Waals surface area contributed by atoms with Gasteiger partial charge in [0.1, 0.15) is 5.75 Å². The van der Waals surface area contributed by atoms with E-state index < -0.39 is 10.0 Å². The van der Waals surface area contributed by atoms with Crippen molar-refractivity contribution in [2.75, 3.05) is 59.5 Å². The molecule has 2 fully saturated rings. The van der Waals surface area contributed by atoms with Crippen molar-refractivity contribution >= 4 is 15.9 Å². The first-order valence-electron chi connectivity index (χ1n) is 10.3. The number of hydrogen-bond donors (Lipinski definition) is 1. The van der Waals surface area contributed by atoms with E-state index in [-0.39, 0.29) is 16.8 Å². The molecule has 1 aromatic carbocycles. The first-order valence-corrected chi connectivity index (χ1v) is 11.7. The molecule has 0 unspecified atom stereocenters. The summed E-state index contributed by atoms with van der Waals surface area (Å²) in [5, 5.41) is 3.14. The van der Waals surface area contributed by atoms with Crippen LogP contribution in [0.25, 0.3) is 0 Å². The van der Waals surface area contributed by atoms with E-state index >= 15 is 0 Å². The summed E-state index contributed by atoms with van der Waals surface area (Å²) in [5.41, 5.74) is 0. The number of benzene rings is 1. The van der Waals surface area contributed by atoms with Gasteiger partial charge in [-0.2, -0.15) is 4.31 Å². The molecule has 1 aromatic rings. The average molecular weight is 425 g/mol. The highest BCUT2D eigenvalue weighted by atomic mass is 32.2. The van der Waals surface area contributed by atoms with E-state index in [1.807, 2.05) is 4.90 Å². The van der Waals surface area contributed by atoms with Gasteiger partial charge in [0.05, 0.1) is 18.6 Å². The molecule has 9 heteroatoms. The molecule has 0 aliphatic carbocycles. The van der Waals surface area contributed by atoms with Gasteiger partial charge in [-0.1, -0.05) is 6.92 Å². The fraction of sp³-hybridized carbons (Fsp3) is 0.650. The number of nitrogens with zero attached hydrogens (tertiary/aromatic N) is 3. The Bertz CT molecular complexity index is 768. The topological polar surface area (TPSA) is 82.2 Å². The van der Waals surface area contributed by atoms with Gasteiger partial charge in [-0.15, -0.1) is 0 Å². The smallest absolute Gasteiger partial charge is 0.243 e. The van der Waals surface area contributed by atoms with Gasteiger partial charge in [0.15, 0.2) is 0 Å². The number of rotatable bonds is 7. The van der Waals surface area contributed by atoms with Gasteiger partial charge in [0, 0.05) is 45.3 Å². The lowest BCUT2D eigenvalue weighted by Gasteiger charge is -2.35. The summed E-state index contributed by atoms with van der Waals surface area (Å²) in [7, 11) is -1.97. The minimum Gasteiger partial charge on any atom is -0.497 e. The molecule has 2 saturated heterocycles. The number of amides is 1. The van der Waals surface area contributed by atoms with Gasteiger partial charge in [-0.05, 0) is 43.7 Å². The Kier molecular flexibility index (Phi) is 7.50. The van der Waals surface area contributed by atoms with E-state index in [1.54, 1.807) is 31.4 Å². The third-order valence-corrected chi connectivity index (χ3v) is 7.71. The van der Waals surface area contributed by atoms with Crippen LogP contribution >= 0.6 is 0 Å². The molecular weight excluding hydrogens is 392 g/mol. The molecule has 2 aliphatic rings. The molecule has 162 valence electrons. The van der Waals surface area contributed by atoms with Crippen LogP contribution in [0, 0.1) is 0 Å². The second kappa shape index (κ2) is 9.88. The molecule has 0 bridgehead atoms. The molecule has 1 amide bonds. The number of hydrogen-bond acceptors (Lipinski definition) is 6. The second-order valence-corrected chi connectivity index (χ2v) is 9.57. The number of methoxy groups -OCH3 is 1. The summed E-state index contributed by atoms with van der Waals surface area (Å²) >= 11 is 0. The minimum atomic E-state index is -3.52. The summed E-state index contributed by atoms with van der Waals surface area (Å²) in [5.74, 6) is 0.659. The zero-order valence-corrected chi connectivity index (χ0v) is 18.2. The van der Waals surface area contributed by atoms with E-state index in [4.69, 9.17) is 4.74 Å². The number of piperidine rings is 1. The third-order valence-electron chi connectivity index (χ3n) is 5.80. The molecule has 0 radical (unpaired) electrons. The van der Waals surface area contributed by atoms with Gasteiger partial charge < -0.3 is 15.0 Å². The van der Waals surface area contributed by atoms with Crippen LogP contribution in [-0.4, -0.2) is 93.9 Å². The Labute approximate surface area is 173 Å². The zero-order chi connectivity index (χ0) is 20.9. The molecule has 3 rings (SSSR count). The predicted octanol–water partition coefficient (Wildman–Crippen LogP) is 0.602. The SMILES string of the molecule is CCN1CCC(NC(=O)CN2CCN(S(=O)(=O)c3ccc(OC)cc3)CC2)CC1. The average Bonchev–Trinajstić information content (AvgIpc) is 2.74. The summed E-state index contributed by atoms with van der Waals surface area (Å²) in [4.78, 5) is 17.1. The number of sulfonamides is 1. The fourth-order valence-corrected chi connectivity index (χ4v) is 5.32. The molecule has 8 nitrogen and oxygen atoms in total. The van der Waals surface area contributed by atoms with Crippen molar-refractivity contribution in [2.45, 2.75) is 30.7 Å². The van der Waals surface area contributed by atoms with Crippen molar-refractivity contribution in [3.63, 3.8) is 0 Å². The maximum absolute atomic E-state index is 12.8. The van der Waals surface area contributed by atoms with Crippen molar-refractivity contribution in [1.29, 1.82) is 0 Å². The normalized spacial score (nSPS) is 20.5. The molecule has 0 spiro atoms. The van der Waals surface area contributed by atoms with Crippen LogP contribution in [0.5, 0.6) is 5.75 Å². The fourth-order valence-electron chi connectivity index (χ4n) is 3.89. The lowest BCUT2D eigenvalue weighted by molar-refractivity contribution is -0.123. The van der Waals surface area contributed by atoms with E-state index in [0.717, 1.165) is 32.5 Å². The van der Waals surface area contributed by atoms with Crippen molar-refractivity contribution in [2.24, 2.45) is 0 Å². The maximum atomic E-state index is 12.8. The molecule has 2 aliphatic heterocycles. The van der Waals surface area contributed by atoms with Crippen LogP contribution in [0.4, 0.5) is 0 Å². The van der Waals surface area contributed by atoms with Crippen LogP contribution in [0.3, 0.4) is 0 Å². The van der Waals surface area contributed by atoms with Crippen LogP contribution < -0.4 is 10.1 Å². The highest BCUT2D eigenvalue weighted by Crippen LogP contribution is 2.20. The van der Waals surface area contributed by atoms with E-state index in [2.05, 4.69) is 17.1 Å². The van der Waals surface area contributed by atoms with Crippen molar-refractivity contribution in [3.8, 4) is 5.75 Å². The summed E-state index contributed by atoms with van der Waals surface area (Å²) in [6.07, 6.45) is 1.99. The molecule has 0 atom stereocenters. The quantitative estimate of drug-likeness (QED) is 0.690. The predicted molar refractivity (Wildman–Crippen MR) is 111 cm³/mol. The highest BCUT2D eigenvalue weighted by molar-refractivity contribution is 7.89. The Balaban J connectivity index is 1.45. The lowest BCUT2D eigenvalue weighted by atomic mass is 10.1. The Hall–Kier alpha value is -1.68. The van der Waals surface area contributed by atoms with Crippen LogP contribution in [0.1, 0.15) is 19.8 Å². The number of carbonyl (C=O) groups is 1. The molecule has 0 saturated carbocycles. The van der Waals surface area contributed by atoms with Crippen molar-refractivity contribution < 1.29 is 17.9 Å². The second-order valence-electron chi connectivity index (χ2n) is 7.63. The number of nitrogens with one attached hydrogen (secondary N) is 1. The van der Waals surface area contributed by atoms with Crippen molar-refractivity contribution in [1.82, 2.24) is 19.4 Å². The van der Waals surface area contributed by atoms with E-state index in [0.29, 0.717) is 38.5 Å². The van der Waals surface area contributed by atoms with E-state index in [1.165, 1.54) is 4.31 Å². The Morgan fingerprint density at radius 2 is 1.66 bits per heavy atom. The summed E-state index contributed by atoms with van der Waals surface area (Å²) < 4.78 is 32.2.